The van der Waals surface area contributed by atoms with Crippen molar-refractivity contribution in [1.82, 2.24) is 4.90 Å². The predicted octanol–water partition coefficient (Wildman–Crippen LogP) is 3.00. The molecule has 0 saturated heterocycles. The summed E-state index contributed by atoms with van der Waals surface area (Å²) >= 11 is 0. The molecule has 3 rings (SSSR count). The maximum absolute atomic E-state index is 9.17. The van der Waals surface area contributed by atoms with Crippen molar-refractivity contribution < 1.29 is 0 Å². The second-order valence-electron chi connectivity index (χ2n) is 4.47. The minimum atomic E-state index is 0.746. The van der Waals surface area contributed by atoms with Crippen LogP contribution in [0.1, 0.15) is 11.1 Å². The first-order chi connectivity index (χ1) is 8.22. The van der Waals surface area contributed by atoms with Crippen molar-refractivity contribution in [3.8, 4) is 6.07 Å². The Balaban J connectivity index is 2.22. The number of fused-ring (bicyclic) bond motifs is 2. The van der Waals surface area contributed by atoms with Crippen molar-refractivity contribution in [1.29, 1.82) is 5.26 Å². The van der Waals surface area contributed by atoms with Gasteiger partial charge in [-0.25, -0.2) is 0 Å². The van der Waals surface area contributed by atoms with Crippen LogP contribution in [0.15, 0.2) is 42.1 Å². The first-order valence-electron chi connectivity index (χ1n) is 5.57. The van der Waals surface area contributed by atoms with Gasteiger partial charge in [0.05, 0.1) is 0 Å². The smallest absolute Gasteiger partial charge is 0.124 e. The van der Waals surface area contributed by atoms with Crippen LogP contribution in [0, 0.1) is 11.3 Å². The van der Waals surface area contributed by atoms with Gasteiger partial charge in [-0.05, 0) is 34.0 Å². The van der Waals surface area contributed by atoms with Crippen LogP contribution < -0.4 is 0 Å². The highest BCUT2D eigenvalue weighted by Gasteiger charge is 2.30. The van der Waals surface area contributed by atoms with Crippen molar-refractivity contribution in [2.24, 2.45) is 0 Å². The van der Waals surface area contributed by atoms with Crippen LogP contribution in [0.4, 0.5) is 0 Å². The molecule has 2 aromatic carbocycles. The highest BCUT2D eigenvalue weighted by Crippen LogP contribution is 2.46. The minimum Gasteiger partial charge on any atom is -0.369 e. The van der Waals surface area contributed by atoms with E-state index < -0.39 is 0 Å². The highest BCUT2D eigenvalue weighted by molar-refractivity contribution is 6.08. The number of nitrogens with zero attached hydrogens (tertiary/aromatic N) is 2. The molecule has 0 atom stereocenters. The molecule has 0 saturated carbocycles. The normalized spacial score (nSPS) is 11.9. The molecule has 0 radical (unpaired) electrons. The summed E-state index contributed by atoms with van der Waals surface area (Å²) in [5.41, 5.74) is 4.28. The Labute approximate surface area is 100 Å². The number of hydrogen-bond acceptors (Lipinski definition) is 2. The van der Waals surface area contributed by atoms with E-state index in [0.717, 1.165) is 11.3 Å². The number of allylic oxidation sites excluding steroid dienone is 1. The molecule has 2 nitrogen and oxygen atoms in total. The molecule has 0 aliphatic heterocycles. The summed E-state index contributed by atoms with van der Waals surface area (Å²) in [6, 6.07) is 14.9. The fourth-order valence-corrected chi connectivity index (χ4v) is 2.24. The Kier molecular flexibility index (Phi) is 1.96. The van der Waals surface area contributed by atoms with E-state index in [1.807, 2.05) is 31.1 Å². The topological polar surface area (TPSA) is 27.0 Å². The Bertz CT molecular complexity index is 643. The third kappa shape index (κ3) is 1.40. The van der Waals surface area contributed by atoms with Gasteiger partial charge in [0, 0.05) is 19.7 Å². The molecule has 1 aliphatic carbocycles. The summed E-state index contributed by atoms with van der Waals surface area (Å²) in [5.74, 6) is 0. The summed E-state index contributed by atoms with van der Waals surface area (Å²) in [6.07, 6.45) is 0. The first-order valence-corrected chi connectivity index (χ1v) is 5.57. The molecule has 0 N–H and O–H groups in total. The molecule has 0 unspecified atom stereocenters. The molecular formula is C15H12N2. The van der Waals surface area contributed by atoms with Crippen LogP contribution in [0.25, 0.3) is 16.3 Å². The number of benzene rings is 2. The summed E-state index contributed by atoms with van der Waals surface area (Å²) in [5, 5.41) is 11.6. The molecule has 2 aromatic rings. The van der Waals surface area contributed by atoms with Crippen molar-refractivity contribution in [3.63, 3.8) is 0 Å². The van der Waals surface area contributed by atoms with Gasteiger partial charge in [0.15, 0.2) is 0 Å². The lowest BCUT2D eigenvalue weighted by molar-refractivity contribution is 0.537. The zero-order valence-electron chi connectivity index (χ0n) is 9.86. The van der Waals surface area contributed by atoms with Crippen LogP contribution in [0.2, 0.25) is 0 Å². The molecule has 0 fully saturated rings. The molecule has 0 bridgehead atoms. The first kappa shape index (κ1) is 9.92. The molecule has 0 heterocycles. The highest BCUT2D eigenvalue weighted by atomic mass is 15.1. The lowest BCUT2D eigenvalue weighted by Gasteiger charge is -2.08. The van der Waals surface area contributed by atoms with Gasteiger partial charge in [0.25, 0.3) is 0 Å². The molecule has 0 amide bonds. The van der Waals surface area contributed by atoms with Gasteiger partial charge >= 0.3 is 0 Å². The molecular weight excluding hydrogens is 208 g/mol. The second-order valence-corrected chi connectivity index (χ2v) is 4.47. The van der Waals surface area contributed by atoms with E-state index in [4.69, 9.17) is 5.26 Å². The third-order valence-electron chi connectivity index (χ3n) is 3.15. The molecule has 17 heavy (non-hydrogen) atoms. The fraction of sp³-hybridized carbons (Fsp3) is 0.133. The maximum atomic E-state index is 9.17. The second kappa shape index (κ2) is 3.36. The molecule has 2 heteroatoms. The zero-order valence-corrected chi connectivity index (χ0v) is 9.86. The summed E-state index contributed by atoms with van der Waals surface area (Å²) in [4.78, 5) is 1.88. The number of rotatable bonds is 1. The lowest BCUT2D eigenvalue weighted by atomic mass is 10.1. The van der Waals surface area contributed by atoms with E-state index in [-0.39, 0.29) is 0 Å². The van der Waals surface area contributed by atoms with Gasteiger partial charge in [-0.2, -0.15) is 5.26 Å². The van der Waals surface area contributed by atoms with E-state index in [9.17, 15) is 0 Å². The third-order valence-corrected chi connectivity index (χ3v) is 3.15. The maximum Gasteiger partial charge on any atom is 0.124 e. The summed E-state index contributed by atoms with van der Waals surface area (Å²) in [7, 11) is 3.81. The zero-order chi connectivity index (χ0) is 12.0. The monoisotopic (exact) mass is 220 g/mol. The molecule has 82 valence electrons. The van der Waals surface area contributed by atoms with Gasteiger partial charge in [0.1, 0.15) is 11.8 Å². The Morgan fingerprint density at radius 2 is 1.59 bits per heavy atom. The van der Waals surface area contributed by atoms with Crippen molar-refractivity contribution in [2.45, 2.75) is 0 Å². The van der Waals surface area contributed by atoms with Crippen LogP contribution >= 0.6 is 0 Å². The Hall–Kier alpha value is -2.27. The van der Waals surface area contributed by atoms with Crippen molar-refractivity contribution in [2.75, 3.05) is 14.1 Å². The Morgan fingerprint density at radius 1 is 1.06 bits per heavy atom. The van der Waals surface area contributed by atoms with E-state index in [2.05, 4.69) is 30.3 Å². The van der Waals surface area contributed by atoms with Gasteiger partial charge in [-0.15, -0.1) is 0 Å². The van der Waals surface area contributed by atoms with Gasteiger partial charge in [0.2, 0.25) is 0 Å². The SMILES string of the molecule is CN(C)C(C#N)=C1c2cc3ccccc3cc21. The lowest BCUT2D eigenvalue weighted by Crippen LogP contribution is -2.09. The van der Waals surface area contributed by atoms with Crippen LogP contribution in [0.3, 0.4) is 0 Å². The van der Waals surface area contributed by atoms with Crippen molar-refractivity contribution in [3.05, 3.63) is 53.2 Å². The number of nitriles is 1. The van der Waals surface area contributed by atoms with E-state index in [1.54, 1.807) is 0 Å². The standard InChI is InChI=1S/C15H12N2/c1-17(2)14(9-16)15-12-7-10-5-3-4-6-11(10)8-13(12)15/h3-8H,1-2H3. The van der Waals surface area contributed by atoms with Gasteiger partial charge in [-0.1, -0.05) is 24.3 Å². The van der Waals surface area contributed by atoms with E-state index in [0.29, 0.717) is 0 Å². The van der Waals surface area contributed by atoms with Crippen LogP contribution in [-0.4, -0.2) is 19.0 Å². The van der Waals surface area contributed by atoms with E-state index in [1.165, 1.54) is 21.9 Å². The quantitative estimate of drug-likeness (QED) is 0.589. The van der Waals surface area contributed by atoms with Crippen molar-refractivity contribution >= 4 is 16.3 Å². The van der Waals surface area contributed by atoms with Gasteiger partial charge < -0.3 is 4.90 Å². The predicted molar refractivity (Wildman–Crippen MR) is 69.3 cm³/mol. The van der Waals surface area contributed by atoms with Gasteiger partial charge in [-0.3, -0.25) is 0 Å². The molecule has 0 aromatic heterocycles. The molecule has 1 aliphatic rings. The van der Waals surface area contributed by atoms with E-state index >= 15 is 0 Å². The van der Waals surface area contributed by atoms with Crippen LogP contribution in [0.5, 0.6) is 0 Å². The number of hydrogen-bond donors (Lipinski definition) is 0. The van der Waals surface area contributed by atoms with Crippen LogP contribution in [-0.2, 0) is 0 Å². The summed E-state index contributed by atoms with van der Waals surface area (Å²) in [6.45, 7) is 0. The minimum absolute atomic E-state index is 0.746. The largest absolute Gasteiger partial charge is 0.369 e. The Morgan fingerprint density at radius 3 is 2.00 bits per heavy atom. The summed E-state index contributed by atoms with van der Waals surface area (Å²) < 4.78 is 0. The fourth-order valence-electron chi connectivity index (χ4n) is 2.24. The average molecular weight is 220 g/mol. The average Bonchev–Trinajstić information content (AvgIpc) is 3.00. The molecule has 0 spiro atoms.